The summed E-state index contributed by atoms with van der Waals surface area (Å²) in [5, 5.41) is 5.53. The number of nitrogens with one attached hydrogen (secondary N) is 1. The number of hydrogen-bond acceptors (Lipinski definition) is 3. The Bertz CT molecular complexity index is 1000. The van der Waals surface area contributed by atoms with Gasteiger partial charge in [-0.05, 0) is 34.7 Å². The Morgan fingerprint density at radius 2 is 1.89 bits per heavy atom. The molecule has 0 unspecified atom stereocenters. The van der Waals surface area contributed by atoms with E-state index in [0.29, 0.717) is 18.1 Å². The number of amides is 2. The Morgan fingerprint density at radius 3 is 2.64 bits per heavy atom. The van der Waals surface area contributed by atoms with E-state index in [4.69, 9.17) is 11.6 Å². The molecule has 1 atom stereocenters. The Labute approximate surface area is 172 Å². The van der Waals surface area contributed by atoms with Crippen LogP contribution in [0.5, 0.6) is 0 Å². The molecule has 0 bridgehead atoms. The number of halogens is 1. The Balaban J connectivity index is 1.50. The second-order valence-corrected chi connectivity index (χ2v) is 8.08. The number of rotatable bonds is 6. The fourth-order valence-corrected chi connectivity index (χ4v) is 4.50. The number of carbonyl (C=O) groups excluding carboxylic acids is 2. The van der Waals surface area contributed by atoms with Crippen LogP contribution < -0.4 is 5.32 Å². The van der Waals surface area contributed by atoms with E-state index in [1.165, 1.54) is 0 Å². The van der Waals surface area contributed by atoms with Gasteiger partial charge in [-0.2, -0.15) is 0 Å². The van der Waals surface area contributed by atoms with Crippen molar-refractivity contribution < 1.29 is 9.59 Å². The molecule has 2 aromatic carbocycles. The van der Waals surface area contributed by atoms with Crippen LogP contribution in [0.1, 0.15) is 38.8 Å². The molecule has 4 rings (SSSR count). The highest BCUT2D eigenvalue weighted by atomic mass is 35.5. The normalized spacial score (nSPS) is 14.0. The van der Waals surface area contributed by atoms with E-state index in [9.17, 15) is 9.59 Å². The predicted molar refractivity (Wildman–Crippen MR) is 111 cm³/mol. The lowest BCUT2D eigenvalue weighted by atomic mass is 10.1. The summed E-state index contributed by atoms with van der Waals surface area (Å²) in [6, 6.07) is 18.7. The summed E-state index contributed by atoms with van der Waals surface area (Å²) in [5.41, 5.74) is 2.60. The second kappa shape index (κ2) is 8.17. The van der Waals surface area contributed by atoms with Gasteiger partial charge in [0.15, 0.2) is 0 Å². The van der Waals surface area contributed by atoms with E-state index in [2.05, 4.69) is 5.32 Å². The van der Waals surface area contributed by atoms with Crippen LogP contribution in [-0.2, 0) is 17.9 Å². The second-order valence-electron chi connectivity index (χ2n) is 6.69. The van der Waals surface area contributed by atoms with Gasteiger partial charge in [-0.1, -0.05) is 54.1 Å². The van der Waals surface area contributed by atoms with Crippen molar-refractivity contribution in [3.8, 4) is 0 Å². The number of carbonyl (C=O) groups is 2. The van der Waals surface area contributed by atoms with Crippen LogP contribution in [-0.4, -0.2) is 16.7 Å². The van der Waals surface area contributed by atoms with Crippen LogP contribution in [0, 0.1) is 0 Å². The molecule has 6 heteroatoms. The van der Waals surface area contributed by atoms with Crippen LogP contribution in [0.15, 0.2) is 66.0 Å². The first-order chi connectivity index (χ1) is 13.6. The maximum absolute atomic E-state index is 12.9. The van der Waals surface area contributed by atoms with Gasteiger partial charge in [-0.3, -0.25) is 9.59 Å². The Hall–Kier alpha value is -2.63. The molecule has 0 saturated carbocycles. The minimum Gasteiger partial charge on any atom is -0.352 e. The molecule has 1 aliphatic heterocycles. The summed E-state index contributed by atoms with van der Waals surface area (Å²) >= 11 is 7.73. The number of nitrogens with zero attached hydrogens (tertiary/aromatic N) is 1. The lowest BCUT2D eigenvalue weighted by molar-refractivity contribution is -0.122. The van der Waals surface area contributed by atoms with Crippen molar-refractivity contribution in [2.24, 2.45) is 0 Å². The van der Waals surface area contributed by atoms with Crippen molar-refractivity contribution >= 4 is 34.8 Å². The predicted octanol–water partition coefficient (Wildman–Crippen LogP) is 4.81. The lowest BCUT2D eigenvalue weighted by Crippen LogP contribution is -2.33. The molecule has 3 aromatic rings. The fraction of sp³-hybridized carbons (Fsp3) is 0.182. The van der Waals surface area contributed by atoms with Crippen molar-refractivity contribution in [2.75, 3.05) is 0 Å². The Kier molecular flexibility index (Phi) is 5.46. The average molecular weight is 411 g/mol. The smallest absolute Gasteiger partial charge is 0.255 e. The van der Waals surface area contributed by atoms with Gasteiger partial charge in [0, 0.05) is 28.6 Å². The van der Waals surface area contributed by atoms with Gasteiger partial charge in [-0.15, -0.1) is 11.3 Å². The lowest BCUT2D eigenvalue weighted by Gasteiger charge is -2.26. The first-order valence-corrected chi connectivity index (χ1v) is 10.3. The van der Waals surface area contributed by atoms with Gasteiger partial charge in [0.1, 0.15) is 0 Å². The summed E-state index contributed by atoms with van der Waals surface area (Å²) in [6.07, 6.45) is 0.213. The van der Waals surface area contributed by atoms with Crippen LogP contribution in [0.4, 0.5) is 0 Å². The highest BCUT2D eigenvalue weighted by molar-refractivity contribution is 7.10. The number of benzene rings is 2. The largest absolute Gasteiger partial charge is 0.352 e. The van der Waals surface area contributed by atoms with Gasteiger partial charge in [0.05, 0.1) is 12.5 Å². The highest BCUT2D eigenvalue weighted by Gasteiger charge is 2.34. The molecule has 0 aliphatic carbocycles. The number of fused-ring (bicyclic) bond motifs is 1. The minimum absolute atomic E-state index is 0.0205. The molecule has 0 saturated heterocycles. The van der Waals surface area contributed by atoms with Gasteiger partial charge >= 0.3 is 0 Å². The third-order valence-electron chi connectivity index (χ3n) is 4.91. The maximum atomic E-state index is 12.9. The summed E-state index contributed by atoms with van der Waals surface area (Å²) in [7, 11) is 0. The summed E-state index contributed by atoms with van der Waals surface area (Å²) in [6.45, 7) is 0.888. The number of hydrogen-bond donors (Lipinski definition) is 1. The summed E-state index contributed by atoms with van der Waals surface area (Å²) in [5.74, 6) is -0.130. The molecule has 2 amide bonds. The maximum Gasteiger partial charge on any atom is 0.255 e. The van der Waals surface area contributed by atoms with E-state index >= 15 is 0 Å². The first-order valence-electron chi connectivity index (χ1n) is 9.06. The molecule has 28 heavy (non-hydrogen) atoms. The van der Waals surface area contributed by atoms with Gasteiger partial charge in [0.25, 0.3) is 5.91 Å². The van der Waals surface area contributed by atoms with E-state index in [1.54, 1.807) is 22.3 Å². The highest BCUT2D eigenvalue weighted by Crippen LogP contribution is 2.35. The van der Waals surface area contributed by atoms with Crippen molar-refractivity contribution in [3.63, 3.8) is 0 Å². The van der Waals surface area contributed by atoms with Gasteiger partial charge < -0.3 is 10.2 Å². The van der Waals surface area contributed by atoms with Crippen LogP contribution in [0.2, 0.25) is 5.02 Å². The van der Waals surface area contributed by atoms with Gasteiger partial charge in [-0.25, -0.2) is 0 Å². The third-order valence-corrected chi connectivity index (χ3v) is 6.25. The molecule has 1 aliphatic rings. The zero-order chi connectivity index (χ0) is 19.5. The van der Waals surface area contributed by atoms with Crippen molar-refractivity contribution in [1.82, 2.24) is 10.2 Å². The topological polar surface area (TPSA) is 49.4 Å². The molecule has 0 radical (unpaired) electrons. The molecule has 0 spiro atoms. The summed E-state index contributed by atoms with van der Waals surface area (Å²) in [4.78, 5) is 28.4. The molecule has 1 aromatic heterocycles. The van der Waals surface area contributed by atoms with Gasteiger partial charge in [0.2, 0.25) is 5.91 Å². The minimum atomic E-state index is -0.286. The molecule has 142 valence electrons. The van der Waals surface area contributed by atoms with E-state index in [1.807, 2.05) is 60.0 Å². The SMILES string of the molecule is O=C(C[C@@H](c1cccs1)N1Cc2ccccc2C1=O)NCc1ccccc1Cl. The molecule has 0 fully saturated rings. The fourth-order valence-electron chi connectivity index (χ4n) is 3.46. The average Bonchev–Trinajstić information content (AvgIpc) is 3.34. The van der Waals surface area contributed by atoms with Crippen LogP contribution in [0.25, 0.3) is 0 Å². The zero-order valence-corrected chi connectivity index (χ0v) is 16.7. The van der Waals surface area contributed by atoms with Crippen molar-refractivity contribution in [1.29, 1.82) is 0 Å². The molecule has 4 nitrogen and oxygen atoms in total. The quantitative estimate of drug-likeness (QED) is 0.634. The standard InChI is InChI=1S/C22H19ClN2O2S/c23-18-9-4-2-6-15(18)13-24-21(26)12-19(20-10-5-11-28-20)25-14-16-7-1-3-8-17(16)22(25)27/h1-11,19H,12-14H2,(H,24,26)/t19-/m0/s1. The van der Waals surface area contributed by atoms with E-state index < -0.39 is 0 Å². The molecule has 2 heterocycles. The summed E-state index contributed by atoms with van der Waals surface area (Å²) < 4.78 is 0. The van der Waals surface area contributed by atoms with Crippen molar-refractivity contribution in [3.05, 3.63) is 92.6 Å². The monoisotopic (exact) mass is 410 g/mol. The molecule has 1 N–H and O–H groups in total. The first kappa shape index (κ1) is 18.7. The van der Waals surface area contributed by atoms with Crippen molar-refractivity contribution in [2.45, 2.75) is 25.6 Å². The van der Waals surface area contributed by atoms with E-state index in [-0.39, 0.29) is 24.3 Å². The van der Waals surface area contributed by atoms with E-state index in [0.717, 1.165) is 21.6 Å². The molecular formula is C22H19ClN2O2S. The third kappa shape index (κ3) is 3.81. The Morgan fingerprint density at radius 1 is 1.11 bits per heavy atom. The van der Waals surface area contributed by atoms with Crippen LogP contribution in [0.3, 0.4) is 0 Å². The van der Waals surface area contributed by atoms with Crippen LogP contribution >= 0.6 is 22.9 Å². The number of thiophene rings is 1. The molecular weight excluding hydrogens is 392 g/mol. The zero-order valence-electron chi connectivity index (χ0n) is 15.1.